The molecule has 0 fully saturated rings. The second kappa shape index (κ2) is 8.67. The third kappa shape index (κ3) is 4.07. The predicted molar refractivity (Wildman–Crippen MR) is 117 cm³/mol. The topological polar surface area (TPSA) is 94.9 Å². The molecule has 0 saturated carbocycles. The van der Waals surface area contributed by atoms with Gasteiger partial charge in [-0.1, -0.05) is 12.1 Å². The van der Waals surface area contributed by atoms with Crippen LogP contribution in [-0.4, -0.2) is 24.7 Å². The zero-order valence-corrected chi connectivity index (χ0v) is 17.5. The van der Waals surface area contributed by atoms with E-state index < -0.39 is 5.91 Å². The molecular weight excluding hydrogens is 400 g/mol. The molecule has 4 rings (SSSR count). The van der Waals surface area contributed by atoms with Gasteiger partial charge in [0.15, 0.2) is 0 Å². The number of nitrogens with two attached hydrogens (primary N) is 1. The summed E-state index contributed by atoms with van der Waals surface area (Å²) in [6, 6.07) is 10.7. The maximum absolute atomic E-state index is 12.0. The maximum atomic E-state index is 12.0. The van der Waals surface area contributed by atoms with Crippen LogP contribution in [0.25, 0.3) is 11.3 Å². The highest BCUT2D eigenvalue weighted by Crippen LogP contribution is 2.39. The standard InChI is InChI=1S/C23H22N2O4S/c1-2-28-23(27)15-7-5-6-14(12-15)18-11-10-16(29-18)13-25-22-20(21(24)26)17-8-3-4-9-19(17)30-22/h5-7,10-13H,2-4,8-9H2,1H3,(H2,24,26)/b25-13+. The highest BCUT2D eigenvalue weighted by Gasteiger charge is 2.23. The van der Waals surface area contributed by atoms with E-state index >= 15 is 0 Å². The SMILES string of the molecule is CCOC(=O)c1cccc(-c2ccc(/C=N/c3sc4c(c3C(N)=O)CCCC4)o2)c1. The summed E-state index contributed by atoms with van der Waals surface area (Å²) in [5.41, 5.74) is 8.46. The number of rotatable bonds is 6. The molecule has 1 amide bonds. The average molecular weight is 423 g/mol. The lowest BCUT2D eigenvalue weighted by Crippen LogP contribution is -2.14. The first-order chi connectivity index (χ1) is 14.6. The minimum atomic E-state index is -0.433. The van der Waals surface area contributed by atoms with Crippen molar-refractivity contribution in [1.82, 2.24) is 0 Å². The van der Waals surface area contributed by atoms with Gasteiger partial charge in [-0.3, -0.25) is 4.79 Å². The Morgan fingerprint density at radius 1 is 1.23 bits per heavy atom. The molecule has 2 heterocycles. The van der Waals surface area contributed by atoms with Gasteiger partial charge in [-0.05, 0) is 62.4 Å². The van der Waals surface area contributed by atoms with Crippen LogP contribution >= 0.6 is 11.3 Å². The fourth-order valence-corrected chi connectivity index (χ4v) is 4.85. The van der Waals surface area contributed by atoms with E-state index in [9.17, 15) is 9.59 Å². The van der Waals surface area contributed by atoms with Crippen LogP contribution in [0.2, 0.25) is 0 Å². The van der Waals surface area contributed by atoms with Gasteiger partial charge in [0.1, 0.15) is 16.5 Å². The van der Waals surface area contributed by atoms with Gasteiger partial charge in [0.2, 0.25) is 0 Å². The van der Waals surface area contributed by atoms with Crippen LogP contribution < -0.4 is 5.73 Å². The van der Waals surface area contributed by atoms with E-state index in [1.165, 1.54) is 16.2 Å². The summed E-state index contributed by atoms with van der Waals surface area (Å²) in [4.78, 5) is 29.6. The summed E-state index contributed by atoms with van der Waals surface area (Å²) < 4.78 is 10.9. The van der Waals surface area contributed by atoms with Gasteiger partial charge >= 0.3 is 5.97 Å². The number of esters is 1. The zero-order valence-electron chi connectivity index (χ0n) is 16.6. The van der Waals surface area contributed by atoms with Crippen molar-refractivity contribution >= 4 is 34.4 Å². The van der Waals surface area contributed by atoms with Crippen molar-refractivity contribution in [2.75, 3.05) is 6.61 Å². The number of nitrogens with zero attached hydrogens (tertiary/aromatic N) is 1. The summed E-state index contributed by atoms with van der Waals surface area (Å²) in [7, 11) is 0. The Kier molecular flexibility index (Phi) is 5.81. The van der Waals surface area contributed by atoms with E-state index in [1.807, 2.05) is 12.1 Å². The largest absolute Gasteiger partial charge is 0.462 e. The number of furan rings is 1. The summed E-state index contributed by atoms with van der Waals surface area (Å²) >= 11 is 1.53. The Labute approximate surface area is 178 Å². The monoisotopic (exact) mass is 422 g/mol. The number of primary amides is 1. The number of carbonyl (C=O) groups is 2. The second-order valence-corrected chi connectivity index (χ2v) is 8.10. The number of hydrogen-bond donors (Lipinski definition) is 1. The van der Waals surface area contributed by atoms with Gasteiger partial charge in [-0.25, -0.2) is 9.79 Å². The first kappa shape index (κ1) is 20.1. The number of amides is 1. The van der Waals surface area contributed by atoms with Crippen molar-refractivity contribution < 1.29 is 18.7 Å². The molecule has 0 radical (unpaired) electrons. The first-order valence-corrected chi connectivity index (χ1v) is 10.7. The number of hydrogen-bond acceptors (Lipinski definition) is 6. The molecule has 0 saturated heterocycles. The third-order valence-electron chi connectivity index (χ3n) is 4.99. The van der Waals surface area contributed by atoms with Gasteiger partial charge in [-0.15, -0.1) is 11.3 Å². The number of aliphatic imine (C=N–C) groups is 1. The normalized spacial score (nSPS) is 13.4. The lowest BCUT2D eigenvalue weighted by molar-refractivity contribution is 0.0526. The van der Waals surface area contributed by atoms with Crippen molar-refractivity contribution in [2.45, 2.75) is 32.6 Å². The van der Waals surface area contributed by atoms with Crippen molar-refractivity contribution in [1.29, 1.82) is 0 Å². The number of benzene rings is 1. The van der Waals surface area contributed by atoms with Crippen LogP contribution in [0, 0.1) is 0 Å². The van der Waals surface area contributed by atoms with Crippen LogP contribution in [-0.2, 0) is 17.6 Å². The van der Waals surface area contributed by atoms with E-state index in [-0.39, 0.29) is 5.97 Å². The van der Waals surface area contributed by atoms with Crippen molar-refractivity contribution in [3.63, 3.8) is 0 Å². The van der Waals surface area contributed by atoms with Crippen LogP contribution in [0.1, 0.15) is 56.7 Å². The average Bonchev–Trinajstić information content (AvgIpc) is 3.37. The quantitative estimate of drug-likeness (QED) is 0.451. The number of aryl methyl sites for hydroxylation is 1. The molecule has 7 heteroatoms. The molecular formula is C23H22N2O4S. The molecule has 1 aliphatic carbocycles. The van der Waals surface area contributed by atoms with Gasteiger partial charge in [0, 0.05) is 10.4 Å². The van der Waals surface area contributed by atoms with Crippen LogP contribution in [0.4, 0.5) is 5.00 Å². The molecule has 1 aliphatic rings. The maximum Gasteiger partial charge on any atom is 0.338 e. The first-order valence-electron chi connectivity index (χ1n) is 9.92. The summed E-state index contributed by atoms with van der Waals surface area (Å²) in [5.74, 6) is 0.363. The van der Waals surface area contributed by atoms with Crippen molar-refractivity contribution in [3.8, 4) is 11.3 Å². The summed E-state index contributed by atoms with van der Waals surface area (Å²) in [6.07, 6.45) is 5.64. The van der Waals surface area contributed by atoms with Gasteiger partial charge in [0.05, 0.1) is 23.9 Å². The molecule has 0 aliphatic heterocycles. The molecule has 6 nitrogen and oxygen atoms in total. The molecule has 0 atom stereocenters. The van der Waals surface area contributed by atoms with E-state index in [0.717, 1.165) is 36.8 Å². The Morgan fingerprint density at radius 3 is 2.87 bits per heavy atom. The second-order valence-electron chi connectivity index (χ2n) is 7.02. The van der Waals surface area contributed by atoms with E-state index in [2.05, 4.69) is 4.99 Å². The molecule has 154 valence electrons. The Morgan fingerprint density at radius 2 is 2.07 bits per heavy atom. The molecule has 0 unspecified atom stereocenters. The van der Waals surface area contributed by atoms with E-state index in [0.29, 0.717) is 34.3 Å². The lowest BCUT2D eigenvalue weighted by atomic mass is 9.95. The summed E-state index contributed by atoms with van der Waals surface area (Å²) in [6.45, 7) is 2.09. The van der Waals surface area contributed by atoms with E-state index in [4.69, 9.17) is 14.9 Å². The van der Waals surface area contributed by atoms with Crippen LogP contribution in [0.15, 0.2) is 45.8 Å². The zero-order chi connectivity index (χ0) is 21.1. The molecule has 3 aromatic rings. The Hall–Kier alpha value is -3.19. The molecule has 1 aromatic carbocycles. The summed E-state index contributed by atoms with van der Waals surface area (Å²) in [5, 5.41) is 0.636. The Balaban J connectivity index is 1.58. The molecule has 2 aromatic heterocycles. The fraction of sp³-hybridized carbons (Fsp3) is 0.261. The Bertz CT molecular complexity index is 1130. The molecule has 0 bridgehead atoms. The van der Waals surface area contributed by atoms with Crippen molar-refractivity contribution in [3.05, 3.63) is 63.7 Å². The smallest absolute Gasteiger partial charge is 0.338 e. The van der Waals surface area contributed by atoms with Crippen molar-refractivity contribution in [2.24, 2.45) is 10.7 Å². The molecule has 2 N–H and O–H groups in total. The van der Waals surface area contributed by atoms with E-state index in [1.54, 1.807) is 37.4 Å². The van der Waals surface area contributed by atoms with Gasteiger partial charge in [0.25, 0.3) is 5.91 Å². The number of ether oxygens (including phenoxy) is 1. The van der Waals surface area contributed by atoms with Gasteiger partial charge < -0.3 is 14.9 Å². The highest BCUT2D eigenvalue weighted by atomic mass is 32.1. The van der Waals surface area contributed by atoms with Crippen LogP contribution in [0.3, 0.4) is 0 Å². The highest BCUT2D eigenvalue weighted by molar-refractivity contribution is 7.16. The molecule has 30 heavy (non-hydrogen) atoms. The fourth-order valence-electron chi connectivity index (χ4n) is 3.61. The van der Waals surface area contributed by atoms with Gasteiger partial charge in [-0.2, -0.15) is 0 Å². The number of thiophene rings is 1. The minimum Gasteiger partial charge on any atom is -0.462 e. The third-order valence-corrected chi connectivity index (χ3v) is 6.19. The van der Waals surface area contributed by atoms with Crippen LogP contribution in [0.5, 0.6) is 0 Å². The minimum absolute atomic E-state index is 0.323. The molecule has 0 spiro atoms. The number of fused-ring (bicyclic) bond motifs is 1. The number of carbonyl (C=O) groups excluding carboxylic acids is 2. The predicted octanol–water partition coefficient (Wildman–Crippen LogP) is 4.91. The lowest BCUT2D eigenvalue weighted by Gasteiger charge is -2.10.